The minimum Gasteiger partial charge on any atom is -0.122 e. The minimum atomic E-state index is 0.974. The van der Waals surface area contributed by atoms with Gasteiger partial charge < -0.3 is 0 Å². The Kier molecular flexibility index (Phi) is 11.2. The van der Waals surface area contributed by atoms with Crippen LogP contribution in [0.2, 0.25) is 0 Å². The van der Waals surface area contributed by atoms with Crippen molar-refractivity contribution in [3.05, 3.63) is 0 Å². The van der Waals surface area contributed by atoms with E-state index in [9.17, 15) is 0 Å². The predicted octanol–water partition coefficient (Wildman–Crippen LogP) is 5.32. The van der Waals surface area contributed by atoms with Crippen molar-refractivity contribution >= 4 is 8.58 Å². The van der Waals surface area contributed by atoms with E-state index in [1.54, 1.807) is 0 Å². The number of rotatable bonds is 10. The SMILES string of the molecule is CCCCC(C)CPCC(C)CCCC. The highest BCUT2D eigenvalue weighted by molar-refractivity contribution is 7.37. The predicted molar refractivity (Wildman–Crippen MR) is 75.4 cm³/mol. The summed E-state index contributed by atoms with van der Waals surface area (Å²) in [5.74, 6) is 1.95. The average molecular weight is 230 g/mol. The van der Waals surface area contributed by atoms with Crippen molar-refractivity contribution in [2.24, 2.45) is 11.8 Å². The van der Waals surface area contributed by atoms with Crippen LogP contribution in [0.5, 0.6) is 0 Å². The third-order valence-corrected chi connectivity index (χ3v) is 5.06. The van der Waals surface area contributed by atoms with Gasteiger partial charge in [0.15, 0.2) is 0 Å². The van der Waals surface area contributed by atoms with Gasteiger partial charge in [-0.25, -0.2) is 0 Å². The molecule has 0 aromatic heterocycles. The first-order chi connectivity index (χ1) is 7.20. The van der Waals surface area contributed by atoms with E-state index in [4.69, 9.17) is 0 Å². The highest BCUT2D eigenvalue weighted by Gasteiger charge is 2.04. The van der Waals surface area contributed by atoms with Crippen LogP contribution in [0.3, 0.4) is 0 Å². The monoisotopic (exact) mass is 230 g/mol. The summed E-state index contributed by atoms with van der Waals surface area (Å²) in [6, 6.07) is 0. The van der Waals surface area contributed by atoms with Crippen LogP contribution in [0.15, 0.2) is 0 Å². The van der Waals surface area contributed by atoms with E-state index >= 15 is 0 Å². The molecule has 0 bridgehead atoms. The fraction of sp³-hybridized carbons (Fsp3) is 1.00. The topological polar surface area (TPSA) is 0 Å². The molecule has 0 amide bonds. The first kappa shape index (κ1) is 15.4. The molecule has 0 radical (unpaired) electrons. The molecule has 0 saturated heterocycles. The lowest BCUT2D eigenvalue weighted by atomic mass is 10.1. The molecular weight excluding hydrogens is 199 g/mol. The van der Waals surface area contributed by atoms with E-state index in [0.29, 0.717) is 0 Å². The van der Waals surface area contributed by atoms with E-state index in [1.807, 2.05) is 0 Å². The van der Waals surface area contributed by atoms with Crippen molar-refractivity contribution in [1.82, 2.24) is 0 Å². The zero-order valence-electron chi connectivity index (χ0n) is 11.3. The van der Waals surface area contributed by atoms with Crippen molar-refractivity contribution in [3.8, 4) is 0 Å². The Balaban J connectivity index is 3.27. The second kappa shape index (κ2) is 10.9. The Morgan fingerprint density at radius 2 is 1.20 bits per heavy atom. The molecule has 2 unspecified atom stereocenters. The molecule has 0 aliphatic heterocycles. The van der Waals surface area contributed by atoms with Crippen LogP contribution in [0.4, 0.5) is 0 Å². The summed E-state index contributed by atoms with van der Waals surface area (Å²) < 4.78 is 0. The van der Waals surface area contributed by atoms with E-state index in [2.05, 4.69) is 27.7 Å². The lowest BCUT2D eigenvalue weighted by Crippen LogP contribution is -2.01. The fourth-order valence-corrected chi connectivity index (χ4v) is 3.45. The maximum atomic E-state index is 2.43. The van der Waals surface area contributed by atoms with Gasteiger partial charge in [0.25, 0.3) is 0 Å². The minimum absolute atomic E-state index is 0.974. The van der Waals surface area contributed by atoms with Gasteiger partial charge in [0, 0.05) is 0 Å². The van der Waals surface area contributed by atoms with Gasteiger partial charge in [-0.2, -0.15) is 0 Å². The number of hydrogen-bond acceptors (Lipinski definition) is 0. The molecule has 0 nitrogen and oxygen atoms in total. The molecule has 0 aromatic carbocycles. The van der Waals surface area contributed by atoms with Gasteiger partial charge in [-0.1, -0.05) is 66.2 Å². The standard InChI is InChI=1S/C14H31P/c1-5-7-9-13(3)11-15-12-14(4)10-8-6-2/h13-15H,5-12H2,1-4H3. The second-order valence-corrected chi connectivity index (χ2v) is 6.47. The highest BCUT2D eigenvalue weighted by Crippen LogP contribution is 2.24. The molecule has 0 heterocycles. The van der Waals surface area contributed by atoms with Gasteiger partial charge >= 0.3 is 0 Å². The van der Waals surface area contributed by atoms with Gasteiger partial charge in [-0.05, 0) is 24.2 Å². The summed E-state index contributed by atoms with van der Waals surface area (Å²) in [5, 5.41) is 0. The third kappa shape index (κ3) is 10.7. The van der Waals surface area contributed by atoms with E-state index in [1.165, 1.54) is 59.4 Å². The van der Waals surface area contributed by atoms with Crippen molar-refractivity contribution in [2.75, 3.05) is 12.3 Å². The van der Waals surface area contributed by atoms with E-state index in [-0.39, 0.29) is 0 Å². The smallest absolute Gasteiger partial charge is 0.0328 e. The Morgan fingerprint density at radius 1 is 0.800 bits per heavy atom. The number of hydrogen-bond donors (Lipinski definition) is 0. The summed E-state index contributed by atoms with van der Waals surface area (Å²) in [6.07, 6.45) is 11.4. The van der Waals surface area contributed by atoms with Crippen molar-refractivity contribution in [2.45, 2.75) is 66.2 Å². The lowest BCUT2D eigenvalue weighted by Gasteiger charge is -2.14. The molecule has 0 fully saturated rings. The summed E-state index contributed by atoms with van der Waals surface area (Å²) in [7, 11) is 1.22. The van der Waals surface area contributed by atoms with Crippen LogP contribution < -0.4 is 0 Å². The molecular formula is C14H31P. The van der Waals surface area contributed by atoms with E-state index < -0.39 is 0 Å². The summed E-state index contributed by atoms with van der Waals surface area (Å²) in [6.45, 7) is 9.45. The van der Waals surface area contributed by atoms with Crippen LogP contribution in [0, 0.1) is 11.8 Å². The van der Waals surface area contributed by atoms with Gasteiger partial charge in [0.1, 0.15) is 0 Å². The molecule has 0 spiro atoms. The molecule has 92 valence electrons. The van der Waals surface area contributed by atoms with Crippen LogP contribution in [-0.2, 0) is 0 Å². The first-order valence-electron chi connectivity index (χ1n) is 6.91. The Hall–Kier alpha value is 0.430. The highest BCUT2D eigenvalue weighted by atomic mass is 31.1. The first-order valence-corrected chi connectivity index (χ1v) is 8.32. The van der Waals surface area contributed by atoms with Crippen molar-refractivity contribution in [1.29, 1.82) is 0 Å². The molecule has 0 N–H and O–H groups in total. The quantitative estimate of drug-likeness (QED) is 0.446. The zero-order chi connectivity index (χ0) is 11.5. The summed E-state index contributed by atoms with van der Waals surface area (Å²) in [4.78, 5) is 0. The summed E-state index contributed by atoms with van der Waals surface area (Å²) in [5.41, 5.74) is 0. The van der Waals surface area contributed by atoms with Crippen LogP contribution >= 0.6 is 8.58 Å². The molecule has 2 atom stereocenters. The average Bonchev–Trinajstić information content (AvgIpc) is 2.23. The molecule has 0 aromatic rings. The van der Waals surface area contributed by atoms with Gasteiger partial charge in [0.2, 0.25) is 0 Å². The molecule has 0 aliphatic rings. The van der Waals surface area contributed by atoms with Crippen LogP contribution in [0.1, 0.15) is 66.2 Å². The normalized spacial score (nSPS) is 16.0. The number of unbranched alkanes of at least 4 members (excludes halogenated alkanes) is 2. The zero-order valence-corrected chi connectivity index (χ0v) is 12.3. The molecule has 1 heteroatoms. The van der Waals surface area contributed by atoms with Gasteiger partial charge in [0.05, 0.1) is 0 Å². The Labute approximate surface area is 99.4 Å². The molecule has 0 saturated carbocycles. The lowest BCUT2D eigenvalue weighted by molar-refractivity contribution is 0.544. The van der Waals surface area contributed by atoms with Crippen molar-refractivity contribution in [3.63, 3.8) is 0 Å². The van der Waals surface area contributed by atoms with Crippen molar-refractivity contribution < 1.29 is 0 Å². The summed E-state index contributed by atoms with van der Waals surface area (Å²) >= 11 is 0. The Morgan fingerprint density at radius 3 is 1.53 bits per heavy atom. The Bertz CT molecular complexity index is 109. The fourth-order valence-electron chi connectivity index (χ4n) is 1.89. The maximum absolute atomic E-state index is 2.43. The third-order valence-electron chi connectivity index (χ3n) is 3.09. The molecule has 15 heavy (non-hydrogen) atoms. The van der Waals surface area contributed by atoms with Crippen LogP contribution in [-0.4, -0.2) is 12.3 Å². The molecule has 0 rings (SSSR count). The maximum Gasteiger partial charge on any atom is -0.0328 e. The largest absolute Gasteiger partial charge is 0.122 e. The second-order valence-electron chi connectivity index (χ2n) is 5.15. The molecule has 0 aliphatic carbocycles. The van der Waals surface area contributed by atoms with E-state index in [0.717, 1.165) is 11.8 Å². The van der Waals surface area contributed by atoms with Crippen LogP contribution in [0.25, 0.3) is 0 Å². The van der Waals surface area contributed by atoms with Gasteiger partial charge in [-0.15, -0.1) is 8.58 Å². The van der Waals surface area contributed by atoms with Gasteiger partial charge in [-0.3, -0.25) is 0 Å².